The fourth-order valence-electron chi connectivity index (χ4n) is 2.52. The minimum Gasteiger partial charge on any atom is -0.504 e. The second kappa shape index (κ2) is 12.2. The molecule has 0 aromatic heterocycles. The van der Waals surface area contributed by atoms with E-state index in [1.54, 1.807) is 26.4 Å². The van der Waals surface area contributed by atoms with Crippen molar-refractivity contribution >= 4 is 29.9 Å². The molecule has 7 nitrogen and oxygen atoms in total. The first-order valence-electron chi connectivity index (χ1n) is 8.70. The van der Waals surface area contributed by atoms with Gasteiger partial charge in [-0.3, -0.25) is 0 Å². The van der Waals surface area contributed by atoms with Crippen molar-refractivity contribution < 1.29 is 19.3 Å². The number of phenols is 1. The molecular formula is C20H28IN3O4. The van der Waals surface area contributed by atoms with Crippen LogP contribution in [-0.2, 0) is 13.1 Å². The average molecular weight is 501 g/mol. The van der Waals surface area contributed by atoms with E-state index in [9.17, 15) is 5.11 Å². The fourth-order valence-corrected chi connectivity index (χ4v) is 2.52. The van der Waals surface area contributed by atoms with Crippen LogP contribution in [0.15, 0.2) is 41.4 Å². The minimum absolute atomic E-state index is 0. The number of nitrogens with one attached hydrogen (secondary N) is 2. The van der Waals surface area contributed by atoms with E-state index in [0.29, 0.717) is 36.3 Å². The lowest BCUT2D eigenvalue weighted by molar-refractivity contribution is 0.354. The van der Waals surface area contributed by atoms with E-state index in [0.717, 1.165) is 17.7 Å². The van der Waals surface area contributed by atoms with Crippen LogP contribution in [0.1, 0.15) is 18.1 Å². The third-order valence-corrected chi connectivity index (χ3v) is 3.92. The topological polar surface area (TPSA) is 84.3 Å². The second-order valence-corrected chi connectivity index (χ2v) is 5.74. The predicted molar refractivity (Wildman–Crippen MR) is 121 cm³/mol. The van der Waals surface area contributed by atoms with Crippen LogP contribution in [0.25, 0.3) is 0 Å². The van der Waals surface area contributed by atoms with Gasteiger partial charge in [0.1, 0.15) is 0 Å². The molecule has 0 saturated heterocycles. The van der Waals surface area contributed by atoms with Gasteiger partial charge in [-0.25, -0.2) is 4.99 Å². The average Bonchev–Trinajstić information content (AvgIpc) is 2.69. The fraction of sp³-hybridized carbons (Fsp3) is 0.350. The summed E-state index contributed by atoms with van der Waals surface area (Å²) in [4.78, 5) is 4.56. The van der Waals surface area contributed by atoms with Crippen molar-refractivity contribution in [2.75, 3.05) is 27.9 Å². The molecule has 0 spiro atoms. The van der Waals surface area contributed by atoms with E-state index >= 15 is 0 Å². The van der Waals surface area contributed by atoms with Crippen LogP contribution in [0.3, 0.4) is 0 Å². The zero-order valence-corrected chi connectivity index (χ0v) is 18.9. The van der Waals surface area contributed by atoms with E-state index < -0.39 is 0 Å². The molecule has 0 aliphatic heterocycles. The van der Waals surface area contributed by atoms with Gasteiger partial charge in [-0.15, -0.1) is 24.0 Å². The lowest BCUT2D eigenvalue weighted by Gasteiger charge is -2.13. The van der Waals surface area contributed by atoms with Gasteiger partial charge < -0.3 is 30.0 Å². The number of aliphatic imine (C=N–C) groups is 1. The summed E-state index contributed by atoms with van der Waals surface area (Å²) in [7, 11) is 4.75. The monoisotopic (exact) mass is 501 g/mol. The van der Waals surface area contributed by atoms with Gasteiger partial charge in [0.15, 0.2) is 29.0 Å². The first-order valence-corrected chi connectivity index (χ1v) is 8.70. The summed E-state index contributed by atoms with van der Waals surface area (Å²) in [6.07, 6.45) is 0. The molecule has 0 fully saturated rings. The Morgan fingerprint density at radius 2 is 1.54 bits per heavy atom. The number of hydrogen-bond acceptors (Lipinski definition) is 5. The van der Waals surface area contributed by atoms with Crippen LogP contribution in [0, 0.1) is 0 Å². The number of ether oxygens (including phenoxy) is 3. The van der Waals surface area contributed by atoms with Crippen LogP contribution >= 0.6 is 24.0 Å². The summed E-state index contributed by atoms with van der Waals surface area (Å²) in [5.41, 5.74) is 1.93. The van der Waals surface area contributed by atoms with E-state index in [1.165, 1.54) is 7.11 Å². The number of guanidine groups is 1. The van der Waals surface area contributed by atoms with Crippen LogP contribution in [-0.4, -0.2) is 38.9 Å². The van der Waals surface area contributed by atoms with Crippen molar-refractivity contribution in [1.29, 1.82) is 0 Å². The van der Waals surface area contributed by atoms with Gasteiger partial charge in [0.05, 0.1) is 27.9 Å². The molecule has 8 heteroatoms. The number of methoxy groups -OCH3 is 3. The van der Waals surface area contributed by atoms with Crippen molar-refractivity contribution in [3.05, 3.63) is 47.5 Å². The molecule has 2 aromatic rings. The molecule has 0 aliphatic carbocycles. The Balaban J connectivity index is 0.00000392. The molecule has 3 N–H and O–H groups in total. The van der Waals surface area contributed by atoms with Crippen LogP contribution < -0.4 is 24.8 Å². The maximum absolute atomic E-state index is 9.88. The number of nitrogens with zero attached hydrogens (tertiary/aromatic N) is 1. The summed E-state index contributed by atoms with van der Waals surface area (Å²) in [6.45, 7) is 3.76. The van der Waals surface area contributed by atoms with Crippen LogP contribution in [0.2, 0.25) is 0 Å². The number of phenolic OH excluding ortho intramolecular Hbond substituents is 1. The largest absolute Gasteiger partial charge is 0.504 e. The highest BCUT2D eigenvalue weighted by Gasteiger charge is 2.06. The molecule has 0 radical (unpaired) electrons. The molecule has 0 aliphatic rings. The van der Waals surface area contributed by atoms with Crippen molar-refractivity contribution in [3.63, 3.8) is 0 Å². The number of hydrogen-bond donors (Lipinski definition) is 3. The maximum atomic E-state index is 9.88. The van der Waals surface area contributed by atoms with Gasteiger partial charge in [0.2, 0.25) is 0 Å². The van der Waals surface area contributed by atoms with E-state index in [1.807, 2.05) is 31.2 Å². The van der Waals surface area contributed by atoms with Gasteiger partial charge in [-0.2, -0.15) is 0 Å². The zero-order valence-electron chi connectivity index (χ0n) is 16.6. The molecule has 0 atom stereocenters. The summed E-state index contributed by atoms with van der Waals surface area (Å²) in [6, 6.07) is 11.0. The highest BCUT2D eigenvalue weighted by molar-refractivity contribution is 14.0. The summed E-state index contributed by atoms with van der Waals surface area (Å²) in [5, 5.41) is 16.4. The molecule has 0 unspecified atom stereocenters. The van der Waals surface area contributed by atoms with E-state index in [2.05, 4.69) is 15.6 Å². The van der Waals surface area contributed by atoms with Gasteiger partial charge in [0, 0.05) is 13.1 Å². The Kier molecular flexibility index (Phi) is 10.3. The highest BCUT2D eigenvalue weighted by atomic mass is 127. The predicted octanol–water partition coefficient (Wildman–Crippen LogP) is 3.29. The Morgan fingerprint density at radius 3 is 2.14 bits per heavy atom. The van der Waals surface area contributed by atoms with Gasteiger partial charge in [-0.05, 0) is 42.3 Å². The summed E-state index contributed by atoms with van der Waals surface area (Å²) < 4.78 is 15.6. The number of rotatable bonds is 8. The van der Waals surface area contributed by atoms with E-state index in [4.69, 9.17) is 14.2 Å². The number of aromatic hydroxyl groups is 1. The molecule has 0 amide bonds. The maximum Gasteiger partial charge on any atom is 0.191 e. The Hall–Kier alpha value is -2.36. The quantitative estimate of drug-likeness (QED) is 0.293. The summed E-state index contributed by atoms with van der Waals surface area (Å²) in [5.74, 6) is 2.62. The standard InChI is InChI=1S/C20H27N3O4.HI/c1-5-21-20(22-12-14-6-8-17(25-2)16(24)10-14)23-13-15-7-9-18(26-3)19(11-15)27-4;/h6-11,24H,5,12-13H2,1-4H3,(H2,21,22,23);1H. The van der Waals surface area contributed by atoms with Gasteiger partial charge in [0.25, 0.3) is 0 Å². The lowest BCUT2D eigenvalue weighted by atomic mass is 10.2. The van der Waals surface area contributed by atoms with Gasteiger partial charge in [-0.1, -0.05) is 12.1 Å². The van der Waals surface area contributed by atoms with Crippen LogP contribution in [0.4, 0.5) is 0 Å². The Labute approximate surface area is 183 Å². The first kappa shape index (κ1) is 23.7. The van der Waals surface area contributed by atoms with Crippen molar-refractivity contribution in [2.45, 2.75) is 20.0 Å². The van der Waals surface area contributed by atoms with Crippen LogP contribution in [0.5, 0.6) is 23.0 Å². The minimum atomic E-state index is 0. The SMILES string of the molecule is CCNC(=NCc1ccc(OC)c(O)c1)NCc1ccc(OC)c(OC)c1.I. The molecule has 0 saturated carbocycles. The van der Waals surface area contributed by atoms with E-state index in [-0.39, 0.29) is 29.7 Å². The zero-order chi connectivity index (χ0) is 19.6. The molecule has 2 rings (SSSR count). The molecule has 28 heavy (non-hydrogen) atoms. The normalized spacial score (nSPS) is 10.6. The first-order chi connectivity index (χ1) is 13.1. The Bertz CT molecular complexity index is 784. The van der Waals surface area contributed by atoms with Crippen molar-refractivity contribution in [2.24, 2.45) is 4.99 Å². The van der Waals surface area contributed by atoms with Crippen molar-refractivity contribution in [1.82, 2.24) is 10.6 Å². The van der Waals surface area contributed by atoms with Crippen molar-refractivity contribution in [3.8, 4) is 23.0 Å². The molecule has 2 aromatic carbocycles. The third kappa shape index (κ3) is 6.66. The molecular weight excluding hydrogens is 473 g/mol. The number of benzene rings is 2. The summed E-state index contributed by atoms with van der Waals surface area (Å²) >= 11 is 0. The third-order valence-electron chi connectivity index (χ3n) is 3.92. The lowest BCUT2D eigenvalue weighted by Crippen LogP contribution is -2.36. The highest BCUT2D eigenvalue weighted by Crippen LogP contribution is 2.28. The molecule has 0 heterocycles. The Morgan fingerprint density at radius 1 is 0.893 bits per heavy atom. The smallest absolute Gasteiger partial charge is 0.191 e. The van der Waals surface area contributed by atoms with Gasteiger partial charge >= 0.3 is 0 Å². The number of halogens is 1. The second-order valence-electron chi connectivity index (χ2n) is 5.74. The molecule has 154 valence electrons. The molecule has 0 bridgehead atoms.